The van der Waals surface area contributed by atoms with Crippen LogP contribution >= 0.6 is 0 Å². The Morgan fingerprint density at radius 3 is 2.68 bits per heavy atom. The number of benzene rings is 2. The summed E-state index contributed by atoms with van der Waals surface area (Å²) in [6.07, 6.45) is 0. The van der Waals surface area contributed by atoms with Crippen LogP contribution in [0.15, 0.2) is 52.9 Å². The number of hydrogen-bond acceptors (Lipinski definition) is 5. The van der Waals surface area contributed by atoms with E-state index in [0.29, 0.717) is 22.8 Å². The number of carbonyl (C=O) groups excluding carboxylic acids is 1. The molecule has 2 aromatic carbocycles. The minimum Gasteiger partial charge on any atom is -0.423 e. The van der Waals surface area contributed by atoms with Crippen LogP contribution in [0.25, 0.3) is 11.1 Å². The summed E-state index contributed by atoms with van der Waals surface area (Å²) in [5, 5.41) is 15.0. The zero-order chi connectivity index (χ0) is 17.8. The lowest BCUT2D eigenvalue weighted by atomic mass is 10.1. The Labute approximate surface area is 145 Å². The number of oxazole rings is 1. The van der Waals surface area contributed by atoms with E-state index in [9.17, 15) is 9.90 Å². The van der Waals surface area contributed by atoms with Gasteiger partial charge in [-0.15, -0.1) is 0 Å². The molecule has 0 aliphatic carbocycles. The minimum absolute atomic E-state index is 0.189. The van der Waals surface area contributed by atoms with E-state index in [2.05, 4.69) is 15.6 Å². The van der Waals surface area contributed by atoms with Crippen LogP contribution in [0.1, 0.15) is 11.6 Å². The van der Waals surface area contributed by atoms with E-state index in [1.54, 1.807) is 23.1 Å². The van der Waals surface area contributed by atoms with Crippen LogP contribution in [0.5, 0.6) is 0 Å². The molecule has 2 amide bonds. The summed E-state index contributed by atoms with van der Waals surface area (Å²) in [6.45, 7) is -0.189. The summed E-state index contributed by atoms with van der Waals surface area (Å²) in [7, 11) is 3.69. The summed E-state index contributed by atoms with van der Waals surface area (Å²) >= 11 is 0. The van der Waals surface area contributed by atoms with Crippen molar-refractivity contribution in [1.82, 2.24) is 10.3 Å². The third-order valence-corrected chi connectivity index (χ3v) is 3.71. The van der Waals surface area contributed by atoms with Crippen molar-refractivity contribution < 1.29 is 14.3 Å². The quantitative estimate of drug-likeness (QED) is 0.664. The van der Waals surface area contributed by atoms with Gasteiger partial charge in [0.25, 0.3) is 6.01 Å². The van der Waals surface area contributed by atoms with Crippen molar-refractivity contribution in [3.63, 3.8) is 0 Å². The molecule has 0 radical (unpaired) electrons. The second-order valence-corrected chi connectivity index (χ2v) is 5.82. The van der Waals surface area contributed by atoms with Gasteiger partial charge in [-0.2, -0.15) is 4.98 Å². The number of hydrogen-bond donors (Lipinski definition) is 3. The van der Waals surface area contributed by atoms with Gasteiger partial charge >= 0.3 is 6.03 Å². The zero-order valence-corrected chi connectivity index (χ0v) is 14.1. The molecule has 130 valence electrons. The molecule has 1 aromatic heterocycles. The van der Waals surface area contributed by atoms with Crippen molar-refractivity contribution in [2.75, 3.05) is 30.9 Å². The maximum Gasteiger partial charge on any atom is 0.319 e. The SMILES string of the molecule is CN(C)c1nc2cc(NC(=O)N[C@H](CO)c3ccccc3)ccc2o1. The van der Waals surface area contributed by atoms with Gasteiger partial charge in [0.15, 0.2) is 5.58 Å². The molecule has 0 aliphatic heterocycles. The van der Waals surface area contributed by atoms with Crippen molar-refractivity contribution in [2.45, 2.75) is 6.04 Å². The predicted octanol–water partition coefficient (Wildman–Crippen LogP) is 2.75. The van der Waals surface area contributed by atoms with Crippen LogP contribution in [-0.4, -0.2) is 36.8 Å². The molecule has 3 aromatic rings. The Hall–Kier alpha value is -3.06. The van der Waals surface area contributed by atoms with Gasteiger partial charge < -0.3 is 25.1 Å². The van der Waals surface area contributed by atoms with Crippen molar-refractivity contribution in [3.8, 4) is 0 Å². The fraction of sp³-hybridized carbons (Fsp3) is 0.222. The molecule has 3 N–H and O–H groups in total. The maximum atomic E-state index is 12.2. The van der Waals surface area contributed by atoms with Gasteiger partial charge in [-0.25, -0.2) is 4.79 Å². The fourth-order valence-corrected chi connectivity index (χ4v) is 2.43. The lowest BCUT2D eigenvalue weighted by molar-refractivity contribution is 0.225. The van der Waals surface area contributed by atoms with E-state index in [4.69, 9.17) is 4.42 Å². The van der Waals surface area contributed by atoms with Crippen LogP contribution in [0.4, 0.5) is 16.5 Å². The summed E-state index contributed by atoms with van der Waals surface area (Å²) in [4.78, 5) is 18.3. The lowest BCUT2D eigenvalue weighted by Gasteiger charge is -2.17. The van der Waals surface area contributed by atoms with E-state index >= 15 is 0 Å². The van der Waals surface area contributed by atoms with E-state index in [1.807, 2.05) is 44.4 Å². The number of carbonyl (C=O) groups is 1. The number of aliphatic hydroxyl groups is 1. The number of aromatic nitrogens is 1. The summed E-state index contributed by atoms with van der Waals surface area (Å²) in [5.74, 6) is 0. The number of fused-ring (bicyclic) bond motifs is 1. The first kappa shape index (κ1) is 16.8. The second-order valence-electron chi connectivity index (χ2n) is 5.82. The van der Waals surface area contributed by atoms with Gasteiger partial charge in [0, 0.05) is 19.8 Å². The van der Waals surface area contributed by atoms with Crippen molar-refractivity contribution >= 4 is 28.8 Å². The molecule has 0 saturated carbocycles. The molecule has 0 unspecified atom stereocenters. The Bertz CT molecular complexity index is 861. The molecule has 7 nitrogen and oxygen atoms in total. The monoisotopic (exact) mass is 340 g/mol. The highest BCUT2D eigenvalue weighted by molar-refractivity contribution is 5.92. The highest BCUT2D eigenvalue weighted by atomic mass is 16.4. The van der Waals surface area contributed by atoms with Crippen molar-refractivity contribution in [2.24, 2.45) is 0 Å². The van der Waals surface area contributed by atoms with Gasteiger partial charge in [-0.05, 0) is 23.8 Å². The molecule has 1 atom stereocenters. The van der Waals surface area contributed by atoms with E-state index in [1.165, 1.54) is 0 Å². The molecule has 0 aliphatic rings. The highest BCUT2D eigenvalue weighted by Crippen LogP contribution is 2.23. The minimum atomic E-state index is -0.475. The van der Waals surface area contributed by atoms with Crippen LogP contribution in [0, 0.1) is 0 Å². The molecule has 0 spiro atoms. The van der Waals surface area contributed by atoms with Crippen LogP contribution < -0.4 is 15.5 Å². The Balaban J connectivity index is 1.70. The largest absolute Gasteiger partial charge is 0.423 e. The number of nitrogens with zero attached hydrogens (tertiary/aromatic N) is 2. The van der Waals surface area contributed by atoms with Gasteiger partial charge in [0.2, 0.25) is 0 Å². The van der Waals surface area contributed by atoms with Crippen LogP contribution in [-0.2, 0) is 0 Å². The van der Waals surface area contributed by atoms with E-state index in [-0.39, 0.29) is 6.61 Å². The molecule has 25 heavy (non-hydrogen) atoms. The van der Waals surface area contributed by atoms with Crippen LogP contribution in [0.3, 0.4) is 0 Å². The number of anilines is 2. The molecule has 7 heteroatoms. The lowest BCUT2D eigenvalue weighted by Crippen LogP contribution is -2.34. The maximum absolute atomic E-state index is 12.2. The Kier molecular flexibility index (Phi) is 4.85. The number of rotatable bonds is 5. The number of nitrogens with one attached hydrogen (secondary N) is 2. The van der Waals surface area contributed by atoms with Gasteiger partial charge in [0.05, 0.1) is 12.6 Å². The topological polar surface area (TPSA) is 90.6 Å². The zero-order valence-electron chi connectivity index (χ0n) is 14.1. The first-order chi connectivity index (χ1) is 12.1. The average Bonchev–Trinajstić information content (AvgIpc) is 3.04. The summed E-state index contributed by atoms with van der Waals surface area (Å²) in [5.41, 5.74) is 2.73. The molecule has 0 fully saturated rings. The third-order valence-electron chi connectivity index (χ3n) is 3.71. The Morgan fingerprint density at radius 2 is 2.00 bits per heavy atom. The first-order valence-corrected chi connectivity index (χ1v) is 7.88. The van der Waals surface area contributed by atoms with Gasteiger partial charge in [-0.1, -0.05) is 30.3 Å². The standard InChI is InChI=1S/C18H20N4O3/c1-22(2)18-21-14-10-13(8-9-16(14)25-18)19-17(24)20-15(11-23)12-6-4-3-5-7-12/h3-10,15,23H,11H2,1-2H3,(H2,19,20,24)/t15-/m1/s1. The summed E-state index contributed by atoms with van der Waals surface area (Å²) < 4.78 is 5.58. The molecule has 0 saturated heterocycles. The number of urea groups is 1. The average molecular weight is 340 g/mol. The predicted molar refractivity (Wildman–Crippen MR) is 96.8 cm³/mol. The van der Waals surface area contributed by atoms with Gasteiger partial charge in [-0.3, -0.25) is 0 Å². The molecule has 0 bridgehead atoms. The third kappa shape index (κ3) is 3.89. The number of amides is 2. The van der Waals surface area contributed by atoms with Crippen LogP contribution in [0.2, 0.25) is 0 Å². The van der Waals surface area contributed by atoms with Crippen molar-refractivity contribution in [1.29, 1.82) is 0 Å². The molecule has 3 rings (SSSR count). The second kappa shape index (κ2) is 7.23. The normalized spacial score (nSPS) is 12.0. The van der Waals surface area contributed by atoms with Crippen molar-refractivity contribution in [3.05, 3.63) is 54.1 Å². The highest BCUT2D eigenvalue weighted by Gasteiger charge is 2.14. The molecule has 1 heterocycles. The van der Waals surface area contributed by atoms with Gasteiger partial charge in [0.1, 0.15) is 5.52 Å². The van der Waals surface area contributed by atoms with E-state index < -0.39 is 12.1 Å². The Morgan fingerprint density at radius 1 is 1.24 bits per heavy atom. The number of aliphatic hydroxyl groups excluding tert-OH is 1. The smallest absolute Gasteiger partial charge is 0.319 e. The first-order valence-electron chi connectivity index (χ1n) is 7.88. The molecular weight excluding hydrogens is 320 g/mol. The van der Waals surface area contributed by atoms with E-state index in [0.717, 1.165) is 5.56 Å². The summed E-state index contributed by atoms with van der Waals surface area (Å²) in [6, 6.07) is 14.2. The fourth-order valence-electron chi connectivity index (χ4n) is 2.43. The molecular formula is C18H20N4O3.